The molecule has 0 aromatic heterocycles. The molecule has 3 unspecified atom stereocenters. The lowest BCUT2D eigenvalue weighted by Crippen LogP contribution is -2.45. The second-order valence-electron chi connectivity index (χ2n) is 25.2. The van der Waals surface area contributed by atoms with Crippen LogP contribution in [0.3, 0.4) is 0 Å². The first-order valence-electron chi connectivity index (χ1n) is 35.6. The molecule has 0 spiro atoms. The van der Waals surface area contributed by atoms with Gasteiger partial charge >= 0.3 is 7.82 Å². The van der Waals surface area contributed by atoms with Crippen LogP contribution in [0, 0.1) is 0 Å². The Balaban J connectivity index is 4.10. The van der Waals surface area contributed by atoms with Crippen molar-refractivity contribution in [2.75, 3.05) is 40.9 Å². The highest BCUT2D eigenvalue weighted by molar-refractivity contribution is 7.47. The fourth-order valence-electron chi connectivity index (χ4n) is 10.3. The summed E-state index contributed by atoms with van der Waals surface area (Å²) < 4.78 is 23.8. The van der Waals surface area contributed by atoms with Crippen molar-refractivity contribution in [2.24, 2.45) is 0 Å². The van der Waals surface area contributed by atoms with Crippen LogP contribution in [0.5, 0.6) is 0 Å². The van der Waals surface area contributed by atoms with Crippen molar-refractivity contribution in [3.8, 4) is 0 Å². The molecule has 0 aromatic carbocycles. The summed E-state index contributed by atoms with van der Waals surface area (Å²) in [6, 6.07) is -0.875. The molecule has 0 fully saturated rings. The first-order valence-corrected chi connectivity index (χ1v) is 37.1. The van der Waals surface area contributed by atoms with Crippen LogP contribution in [0.15, 0.2) is 97.2 Å². The van der Waals surface area contributed by atoms with E-state index >= 15 is 0 Å². The van der Waals surface area contributed by atoms with E-state index in [1.165, 1.54) is 225 Å². The minimum Gasteiger partial charge on any atom is -0.387 e. The highest BCUT2D eigenvalue weighted by Gasteiger charge is 2.28. The van der Waals surface area contributed by atoms with Crippen molar-refractivity contribution in [3.63, 3.8) is 0 Å². The molecule has 0 rings (SSSR count). The predicted molar refractivity (Wildman–Crippen MR) is 369 cm³/mol. The van der Waals surface area contributed by atoms with Crippen LogP contribution in [-0.4, -0.2) is 73.4 Å². The second-order valence-corrected chi connectivity index (χ2v) is 26.7. The number of phosphoric acid groups is 1. The number of amides is 1. The van der Waals surface area contributed by atoms with Gasteiger partial charge in [-0.1, -0.05) is 323 Å². The Morgan fingerprint density at radius 3 is 1.10 bits per heavy atom. The number of aliphatic hydroxyl groups excluding tert-OH is 1. The van der Waals surface area contributed by atoms with E-state index in [0.29, 0.717) is 17.4 Å². The van der Waals surface area contributed by atoms with Crippen molar-refractivity contribution < 1.29 is 32.9 Å². The molecule has 0 heterocycles. The summed E-state index contributed by atoms with van der Waals surface area (Å²) in [5, 5.41) is 14.0. The van der Waals surface area contributed by atoms with Crippen molar-refractivity contribution in [1.82, 2.24) is 5.32 Å². The molecule has 0 saturated carbocycles. The molecule has 1 amide bonds. The lowest BCUT2D eigenvalue weighted by Gasteiger charge is -2.25. The summed E-state index contributed by atoms with van der Waals surface area (Å²) in [6.07, 6.45) is 94.2. The fraction of sp³-hybridized carbons (Fsp3) is 0.773. The van der Waals surface area contributed by atoms with Crippen molar-refractivity contribution in [3.05, 3.63) is 97.2 Å². The van der Waals surface area contributed by atoms with E-state index < -0.39 is 20.0 Å². The minimum atomic E-state index is -4.37. The molecule has 3 N–H and O–H groups in total. The molecule has 0 aliphatic rings. The molecule has 9 heteroatoms. The smallest absolute Gasteiger partial charge is 0.387 e. The average molecular weight is 1190 g/mol. The van der Waals surface area contributed by atoms with Crippen molar-refractivity contribution in [1.29, 1.82) is 0 Å². The topological polar surface area (TPSA) is 105 Å². The molecule has 0 saturated heterocycles. The number of nitrogens with one attached hydrogen (secondary N) is 1. The summed E-state index contributed by atoms with van der Waals surface area (Å²) >= 11 is 0. The number of carbonyl (C=O) groups is 1. The lowest BCUT2D eigenvalue weighted by atomic mass is 10.0. The van der Waals surface area contributed by atoms with Gasteiger partial charge in [-0.25, -0.2) is 4.57 Å². The average Bonchev–Trinajstić information content (AvgIpc) is 3.56. The van der Waals surface area contributed by atoms with E-state index in [9.17, 15) is 19.4 Å². The van der Waals surface area contributed by atoms with Gasteiger partial charge in [0.2, 0.25) is 5.91 Å². The van der Waals surface area contributed by atoms with E-state index in [1.807, 2.05) is 27.2 Å². The molecule has 3 atom stereocenters. The number of aliphatic hydroxyl groups is 1. The quantitative estimate of drug-likeness (QED) is 0.0243. The maximum atomic E-state index is 13.1. The zero-order valence-electron chi connectivity index (χ0n) is 55.9. The largest absolute Gasteiger partial charge is 0.472 e. The molecule has 84 heavy (non-hydrogen) atoms. The Hall–Kier alpha value is -2.58. The Labute approximate surface area is 521 Å². The van der Waals surface area contributed by atoms with E-state index in [2.05, 4.69) is 104 Å². The Bertz CT molecular complexity index is 1690. The molecule has 8 nitrogen and oxygen atoms in total. The number of rotatable bonds is 65. The van der Waals surface area contributed by atoms with Gasteiger partial charge in [0.1, 0.15) is 13.2 Å². The van der Waals surface area contributed by atoms with Gasteiger partial charge in [0, 0.05) is 6.42 Å². The summed E-state index contributed by atoms with van der Waals surface area (Å²) in [4.78, 5) is 23.4. The third-order valence-electron chi connectivity index (χ3n) is 15.8. The predicted octanol–water partition coefficient (Wildman–Crippen LogP) is 22.9. The van der Waals surface area contributed by atoms with Gasteiger partial charge in [0.15, 0.2) is 0 Å². The molecule has 0 radical (unpaired) electrons. The first-order chi connectivity index (χ1) is 41.0. The third kappa shape index (κ3) is 66.9. The number of hydrogen-bond donors (Lipinski definition) is 3. The molecular weight excluding hydrogens is 1060 g/mol. The van der Waals surface area contributed by atoms with Crippen LogP contribution in [0.25, 0.3) is 0 Å². The first kappa shape index (κ1) is 81.4. The molecule has 488 valence electrons. The van der Waals surface area contributed by atoms with Gasteiger partial charge in [0.25, 0.3) is 0 Å². The van der Waals surface area contributed by atoms with Crippen LogP contribution in [0.1, 0.15) is 322 Å². The number of nitrogens with zero attached hydrogens (tertiary/aromatic N) is 1. The monoisotopic (exact) mass is 1190 g/mol. The van der Waals surface area contributed by atoms with Crippen LogP contribution in [0.4, 0.5) is 0 Å². The maximum Gasteiger partial charge on any atom is 0.472 e. The van der Waals surface area contributed by atoms with E-state index in [-0.39, 0.29) is 19.1 Å². The number of allylic oxidation sites excluding steroid dienone is 15. The van der Waals surface area contributed by atoms with Gasteiger partial charge in [-0.2, -0.15) is 0 Å². The normalized spacial score (nSPS) is 14.2. The number of unbranched alkanes of at least 4 members (excludes halogenated alkanes) is 38. The summed E-state index contributed by atoms with van der Waals surface area (Å²) in [6.45, 7) is 4.71. The third-order valence-corrected chi connectivity index (χ3v) is 16.7. The molecular formula is C75H138N2O6P+. The van der Waals surface area contributed by atoms with E-state index in [1.54, 1.807) is 6.08 Å². The zero-order chi connectivity index (χ0) is 61.2. The van der Waals surface area contributed by atoms with Crippen LogP contribution in [-0.2, 0) is 18.4 Å². The van der Waals surface area contributed by atoms with Gasteiger partial charge < -0.3 is 19.8 Å². The number of likely N-dealkylation sites (N-methyl/N-ethyl adjacent to an activating group) is 1. The van der Waals surface area contributed by atoms with E-state index in [4.69, 9.17) is 9.05 Å². The number of phosphoric ester groups is 1. The number of quaternary nitrogens is 1. The lowest BCUT2D eigenvalue weighted by molar-refractivity contribution is -0.870. The maximum absolute atomic E-state index is 13.1. The van der Waals surface area contributed by atoms with Crippen molar-refractivity contribution >= 4 is 13.7 Å². The zero-order valence-corrected chi connectivity index (χ0v) is 56.8. The molecule has 0 bridgehead atoms. The van der Waals surface area contributed by atoms with Gasteiger partial charge in [-0.3, -0.25) is 13.8 Å². The number of hydrogen-bond acceptors (Lipinski definition) is 5. The standard InChI is InChI=1S/C75H137N2O6P/c1-6-8-10-12-14-16-18-20-22-24-26-28-30-32-34-35-36-37-38-39-40-41-43-45-47-49-51-53-55-57-59-61-63-65-67-69-75(79)76-73(72-83-84(80,81)82-71-70-77(3,4)5)74(78)68-66-64-62-60-58-56-54-52-50-48-46-44-42-33-31-29-27-25-23-21-19-17-15-13-11-9-7-2/h8,10,14,16,20,22,26,28,32,34,50,52,58,60,66,68,73-74,78H,6-7,9,11-13,15,17-19,21,23-25,27,29-31,33,35-49,51,53-57,59,61-65,67,69-72H2,1-5H3,(H-,76,79,80,81)/p+1/b10-8-,16-14-,22-20-,28-26-,34-32-,52-50+,60-58+,68-66+. The molecule has 0 aliphatic heterocycles. The van der Waals surface area contributed by atoms with E-state index in [0.717, 1.165) is 77.0 Å². The van der Waals surface area contributed by atoms with Crippen LogP contribution >= 0.6 is 7.82 Å². The summed E-state index contributed by atoms with van der Waals surface area (Å²) in [7, 11) is 1.55. The van der Waals surface area contributed by atoms with Gasteiger partial charge in [0.05, 0.1) is 39.9 Å². The Morgan fingerprint density at radius 1 is 0.417 bits per heavy atom. The minimum absolute atomic E-state index is 0.0516. The fourth-order valence-corrected chi connectivity index (χ4v) is 11.0. The van der Waals surface area contributed by atoms with Crippen molar-refractivity contribution in [2.45, 2.75) is 334 Å². The summed E-state index contributed by atoms with van der Waals surface area (Å²) in [5.74, 6) is -0.189. The SMILES string of the molecule is CC/C=C\C/C=C\C/C=C\C/C=C\C/C=C\CCCCCCCCCCCCCCCCCCCCCC(=O)NC(COP(=O)(O)OCC[N+](C)(C)C)C(O)/C=C/CC/C=C/CC/C=C/CCCCCCCCCCCCCCCCCCC. The van der Waals surface area contributed by atoms with Crippen LogP contribution in [0.2, 0.25) is 0 Å². The molecule has 0 aromatic rings. The van der Waals surface area contributed by atoms with Gasteiger partial charge in [-0.15, -0.1) is 0 Å². The Kier molecular flexibility index (Phi) is 62.9. The molecule has 0 aliphatic carbocycles. The summed E-state index contributed by atoms with van der Waals surface area (Å²) in [5.41, 5.74) is 0. The Morgan fingerprint density at radius 2 is 0.726 bits per heavy atom. The highest BCUT2D eigenvalue weighted by atomic mass is 31.2. The second kappa shape index (κ2) is 64.9. The number of carbonyl (C=O) groups excluding carboxylic acids is 1. The van der Waals surface area contributed by atoms with Crippen LogP contribution < -0.4 is 5.32 Å². The highest BCUT2D eigenvalue weighted by Crippen LogP contribution is 2.43. The van der Waals surface area contributed by atoms with Gasteiger partial charge in [-0.05, 0) is 89.9 Å².